The van der Waals surface area contributed by atoms with E-state index in [1.807, 2.05) is 29.2 Å². The van der Waals surface area contributed by atoms with Crippen LogP contribution < -0.4 is 10.5 Å². The molecule has 2 N–H and O–H groups in total. The molecule has 1 aliphatic rings. The van der Waals surface area contributed by atoms with Crippen molar-refractivity contribution in [3.63, 3.8) is 0 Å². The summed E-state index contributed by atoms with van der Waals surface area (Å²) in [6, 6.07) is 7.37. The molecule has 1 amide bonds. The number of para-hydroxylation sites is 1. The van der Waals surface area contributed by atoms with Crippen molar-refractivity contribution < 1.29 is 9.53 Å². The van der Waals surface area contributed by atoms with E-state index in [9.17, 15) is 4.79 Å². The molecule has 104 valence electrons. The van der Waals surface area contributed by atoms with Crippen LogP contribution in [0, 0.1) is 11.8 Å². The van der Waals surface area contributed by atoms with Crippen molar-refractivity contribution >= 4 is 5.91 Å². The molecule has 2 unspecified atom stereocenters. The second-order valence-electron chi connectivity index (χ2n) is 5.21. The van der Waals surface area contributed by atoms with Crippen LogP contribution >= 0.6 is 0 Å². The van der Waals surface area contributed by atoms with Crippen LogP contribution in [0.15, 0.2) is 24.3 Å². The highest BCUT2D eigenvalue weighted by molar-refractivity contribution is 5.97. The monoisotopic (exact) mass is 262 g/mol. The Labute approximate surface area is 114 Å². The first kappa shape index (κ1) is 13.9. The van der Waals surface area contributed by atoms with Crippen LogP contribution in [0.1, 0.15) is 23.7 Å². The molecular weight excluding hydrogens is 240 g/mol. The Morgan fingerprint density at radius 1 is 1.47 bits per heavy atom. The first-order chi connectivity index (χ1) is 9.17. The molecule has 1 saturated heterocycles. The van der Waals surface area contributed by atoms with Crippen LogP contribution in [-0.4, -0.2) is 37.6 Å². The normalized spacial score (nSPS) is 23.2. The zero-order valence-electron chi connectivity index (χ0n) is 11.6. The predicted octanol–water partition coefficient (Wildman–Crippen LogP) is 1.75. The minimum atomic E-state index is 0.0443. The van der Waals surface area contributed by atoms with Gasteiger partial charge in [-0.15, -0.1) is 0 Å². The van der Waals surface area contributed by atoms with E-state index >= 15 is 0 Å². The van der Waals surface area contributed by atoms with Gasteiger partial charge in [-0.25, -0.2) is 0 Å². The molecule has 4 heteroatoms. The quantitative estimate of drug-likeness (QED) is 0.903. The van der Waals surface area contributed by atoms with E-state index in [1.165, 1.54) is 0 Å². The molecule has 1 heterocycles. The van der Waals surface area contributed by atoms with E-state index in [-0.39, 0.29) is 5.91 Å². The van der Waals surface area contributed by atoms with Gasteiger partial charge in [-0.2, -0.15) is 0 Å². The van der Waals surface area contributed by atoms with Gasteiger partial charge >= 0.3 is 0 Å². The Bertz CT molecular complexity index is 448. The Morgan fingerprint density at radius 3 is 2.89 bits per heavy atom. The number of likely N-dealkylation sites (tertiary alicyclic amines) is 1. The smallest absolute Gasteiger partial charge is 0.257 e. The fourth-order valence-corrected chi connectivity index (χ4v) is 2.63. The number of ether oxygens (including phenoxy) is 1. The molecule has 19 heavy (non-hydrogen) atoms. The van der Waals surface area contributed by atoms with Crippen molar-refractivity contribution in [1.82, 2.24) is 4.90 Å². The zero-order chi connectivity index (χ0) is 13.8. The molecule has 1 aromatic carbocycles. The molecule has 0 radical (unpaired) electrons. The summed E-state index contributed by atoms with van der Waals surface area (Å²) in [5.74, 6) is 1.66. The van der Waals surface area contributed by atoms with Gasteiger partial charge in [0.15, 0.2) is 0 Å². The van der Waals surface area contributed by atoms with Gasteiger partial charge in [-0.1, -0.05) is 19.1 Å². The van der Waals surface area contributed by atoms with Crippen LogP contribution in [-0.2, 0) is 0 Å². The Morgan fingerprint density at radius 2 is 2.21 bits per heavy atom. The van der Waals surface area contributed by atoms with Gasteiger partial charge in [0, 0.05) is 13.1 Å². The Hall–Kier alpha value is -1.55. The maximum Gasteiger partial charge on any atom is 0.257 e. The second kappa shape index (κ2) is 6.06. The van der Waals surface area contributed by atoms with Gasteiger partial charge < -0.3 is 15.4 Å². The standard InChI is InChI=1S/C15H22N2O2/c1-11-7-8-17(10-12(11)9-16)15(18)13-5-3-4-6-14(13)19-2/h3-6,11-12H,7-10,16H2,1-2H3. The highest BCUT2D eigenvalue weighted by Crippen LogP contribution is 2.26. The average molecular weight is 262 g/mol. The first-order valence-electron chi connectivity index (χ1n) is 6.79. The molecule has 1 aromatic rings. The Balaban J connectivity index is 2.15. The van der Waals surface area contributed by atoms with Crippen molar-refractivity contribution in [2.24, 2.45) is 17.6 Å². The lowest BCUT2D eigenvalue weighted by atomic mass is 9.87. The number of methoxy groups -OCH3 is 1. The molecule has 0 saturated carbocycles. The number of carbonyl (C=O) groups excluding carboxylic acids is 1. The minimum Gasteiger partial charge on any atom is -0.496 e. The van der Waals surface area contributed by atoms with Gasteiger partial charge in [0.25, 0.3) is 5.91 Å². The van der Waals surface area contributed by atoms with Crippen molar-refractivity contribution in [3.8, 4) is 5.75 Å². The van der Waals surface area contributed by atoms with Crippen molar-refractivity contribution in [3.05, 3.63) is 29.8 Å². The minimum absolute atomic E-state index is 0.0443. The van der Waals surface area contributed by atoms with E-state index in [2.05, 4.69) is 6.92 Å². The van der Waals surface area contributed by atoms with E-state index in [4.69, 9.17) is 10.5 Å². The summed E-state index contributed by atoms with van der Waals surface area (Å²) in [6.07, 6.45) is 1.02. The summed E-state index contributed by atoms with van der Waals surface area (Å²) in [5, 5.41) is 0. The maximum atomic E-state index is 12.6. The summed E-state index contributed by atoms with van der Waals surface area (Å²) < 4.78 is 5.26. The highest BCUT2D eigenvalue weighted by Gasteiger charge is 2.29. The lowest BCUT2D eigenvalue weighted by molar-refractivity contribution is 0.0615. The van der Waals surface area contributed by atoms with Crippen molar-refractivity contribution in [2.45, 2.75) is 13.3 Å². The summed E-state index contributed by atoms with van der Waals surface area (Å²) in [4.78, 5) is 14.5. The lowest BCUT2D eigenvalue weighted by Gasteiger charge is -2.36. The molecule has 0 bridgehead atoms. The molecule has 1 fully saturated rings. The third-order valence-electron chi connectivity index (χ3n) is 4.04. The van der Waals surface area contributed by atoms with Crippen LogP contribution in [0.5, 0.6) is 5.75 Å². The van der Waals surface area contributed by atoms with Gasteiger partial charge in [-0.05, 0) is 36.9 Å². The maximum absolute atomic E-state index is 12.6. The number of nitrogens with two attached hydrogens (primary N) is 1. The molecular formula is C15H22N2O2. The molecule has 2 atom stereocenters. The first-order valence-corrected chi connectivity index (χ1v) is 6.79. The molecule has 0 aromatic heterocycles. The van der Waals surface area contributed by atoms with E-state index in [0.717, 1.165) is 19.5 Å². The van der Waals surface area contributed by atoms with Crippen molar-refractivity contribution in [2.75, 3.05) is 26.7 Å². The Kier molecular flexibility index (Phi) is 4.43. The van der Waals surface area contributed by atoms with Crippen LogP contribution in [0.25, 0.3) is 0 Å². The molecule has 0 spiro atoms. The number of hydrogen-bond donors (Lipinski definition) is 1. The second-order valence-corrected chi connectivity index (χ2v) is 5.21. The summed E-state index contributed by atoms with van der Waals surface area (Å²) in [5.41, 5.74) is 6.42. The summed E-state index contributed by atoms with van der Waals surface area (Å²) in [6.45, 7) is 4.39. The fourth-order valence-electron chi connectivity index (χ4n) is 2.63. The third kappa shape index (κ3) is 2.89. The summed E-state index contributed by atoms with van der Waals surface area (Å²) in [7, 11) is 1.59. The SMILES string of the molecule is COc1ccccc1C(=O)N1CCC(C)C(CN)C1. The zero-order valence-corrected chi connectivity index (χ0v) is 11.6. The number of piperidine rings is 1. The number of amides is 1. The van der Waals surface area contributed by atoms with Gasteiger partial charge in [0.05, 0.1) is 12.7 Å². The number of nitrogens with zero attached hydrogens (tertiary/aromatic N) is 1. The predicted molar refractivity (Wildman–Crippen MR) is 75.2 cm³/mol. The fraction of sp³-hybridized carbons (Fsp3) is 0.533. The summed E-state index contributed by atoms with van der Waals surface area (Å²) >= 11 is 0. The van der Waals surface area contributed by atoms with Gasteiger partial charge in [0.1, 0.15) is 5.75 Å². The van der Waals surface area contributed by atoms with Crippen LogP contribution in [0.4, 0.5) is 0 Å². The number of rotatable bonds is 3. The average Bonchev–Trinajstić information content (AvgIpc) is 2.47. The molecule has 0 aliphatic carbocycles. The van der Waals surface area contributed by atoms with Crippen LogP contribution in [0.3, 0.4) is 0 Å². The number of hydrogen-bond acceptors (Lipinski definition) is 3. The number of carbonyl (C=O) groups is 1. The van der Waals surface area contributed by atoms with E-state index in [1.54, 1.807) is 7.11 Å². The molecule has 2 rings (SSSR count). The molecule has 4 nitrogen and oxygen atoms in total. The largest absolute Gasteiger partial charge is 0.496 e. The third-order valence-corrected chi connectivity index (χ3v) is 4.04. The van der Waals surface area contributed by atoms with E-state index in [0.29, 0.717) is 29.7 Å². The van der Waals surface area contributed by atoms with Gasteiger partial charge in [-0.3, -0.25) is 4.79 Å². The number of benzene rings is 1. The van der Waals surface area contributed by atoms with Crippen molar-refractivity contribution in [1.29, 1.82) is 0 Å². The van der Waals surface area contributed by atoms with Crippen LogP contribution in [0.2, 0.25) is 0 Å². The molecule has 1 aliphatic heterocycles. The van der Waals surface area contributed by atoms with E-state index < -0.39 is 0 Å². The lowest BCUT2D eigenvalue weighted by Crippen LogP contribution is -2.45. The van der Waals surface area contributed by atoms with Gasteiger partial charge in [0.2, 0.25) is 0 Å². The topological polar surface area (TPSA) is 55.6 Å². The highest BCUT2D eigenvalue weighted by atomic mass is 16.5.